The standard InChI is InChI=1S/C15H15N5O/c1-20-13(7-8-16-20)11-9-12(11)14-18-15(19-21-14)17-10-5-3-2-4-6-10/h2-8,11-12H,9H2,1H3,(H,17,19)/t11-,12-/m1/s1. The van der Waals surface area contributed by atoms with Crippen molar-refractivity contribution in [3.8, 4) is 0 Å². The third kappa shape index (κ3) is 2.29. The van der Waals surface area contributed by atoms with Gasteiger partial charge in [0.2, 0.25) is 5.89 Å². The highest BCUT2D eigenvalue weighted by Gasteiger charge is 2.45. The topological polar surface area (TPSA) is 68.8 Å². The molecule has 0 unspecified atom stereocenters. The summed E-state index contributed by atoms with van der Waals surface area (Å²) in [6.07, 6.45) is 2.85. The van der Waals surface area contributed by atoms with Gasteiger partial charge in [-0.05, 0) is 29.8 Å². The first-order chi connectivity index (χ1) is 10.3. The molecule has 2 heterocycles. The molecule has 21 heavy (non-hydrogen) atoms. The molecule has 1 aromatic carbocycles. The van der Waals surface area contributed by atoms with Crippen molar-refractivity contribution in [2.75, 3.05) is 5.32 Å². The first-order valence-electron chi connectivity index (χ1n) is 6.95. The Bertz CT molecular complexity index is 748. The van der Waals surface area contributed by atoms with Crippen LogP contribution in [0, 0.1) is 0 Å². The van der Waals surface area contributed by atoms with Crippen LogP contribution in [0.3, 0.4) is 0 Å². The summed E-state index contributed by atoms with van der Waals surface area (Å²) in [4.78, 5) is 4.44. The van der Waals surface area contributed by atoms with Gasteiger partial charge in [-0.2, -0.15) is 10.1 Å². The second-order valence-corrected chi connectivity index (χ2v) is 5.28. The zero-order valence-electron chi connectivity index (χ0n) is 11.6. The largest absolute Gasteiger partial charge is 0.337 e. The fraction of sp³-hybridized carbons (Fsp3) is 0.267. The molecule has 6 heteroatoms. The van der Waals surface area contributed by atoms with Crippen LogP contribution >= 0.6 is 0 Å². The Kier molecular flexibility index (Phi) is 2.73. The molecule has 1 saturated carbocycles. The number of benzene rings is 1. The Morgan fingerprint density at radius 3 is 2.81 bits per heavy atom. The third-order valence-electron chi connectivity index (χ3n) is 3.82. The number of hydrogen-bond acceptors (Lipinski definition) is 5. The Balaban J connectivity index is 1.48. The van der Waals surface area contributed by atoms with Gasteiger partial charge in [0, 0.05) is 36.5 Å². The first kappa shape index (κ1) is 12.1. The van der Waals surface area contributed by atoms with Crippen molar-refractivity contribution in [1.29, 1.82) is 0 Å². The molecule has 0 bridgehead atoms. The van der Waals surface area contributed by atoms with E-state index in [4.69, 9.17) is 4.52 Å². The molecule has 0 amide bonds. The summed E-state index contributed by atoms with van der Waals surface area (Å²) in [7, 11) is 1.96. The number of anilines is 2. The SMILES string of the molecule is Cn1nccc1[C@@H]1C[C@H]1c1nc(Nc2ccccc2)no1. The molecule has 1 aliphatic carbocycles. The number of hydrogen-bond donors (Lipinski definition) is 1. The maximum atomic E-state index is 5.38. The van der Waals surface area contributed by atoms with Gasteiger partial charge in [0.25, 0.3) is 5.95 Å². The molecule has 106 valence electrons. The van der Waals surface area contributed by atoms with Crippen LogP contribution in [0.4, 0.5) is 11.6 Å². The molecular weight excluding hydrogens is 266 g/mol. The monoisotopic (exact) mass is 281 g/mol. The zero-order chi connectivity index (χ0) is 14.2. The van der Waals surface area contributed by atoms with Crippen LogP contribution in [0.5, 0.6) is 0 Å². The molecule has 6 nitrogen and oxygen atoms in total. The van der Waals surface area contributed by atoms with Crippen LogP contribution in [0.15, 0.2) is 47.1 Å². The summed E-state index contributed by atoms with van der Waals surface area (Å²) >= 11 is 0. The highest BCUT2D eigenvalue weighted by molar-refractivity contribution is 5.52. The molecule has 0 aliphatic heterocycles. The predicted octanol–water partition coefficient (Wildman–Crippen LogP) is 2.82. The number of nitrogens with one attached hydrogen (secondary N) is 1. The van der Waals surface area contributed by atoms with Gasteiger partial charge in [-0.3, -0.25) is 4.68 Å². The maximum absolute atomic E-state index is 5.38. The normalized spacial score (nSPS) is 20.4. The van der Waals surface area contributed by atoms with Crippen LogP contribution in [0.2, 0.25) is 0 Å². The predicted molar refractivity (Wildman–Crippen MR) is 77.3 cm³/mol. The van der Waals surface area contributed by atoms with Crippen molar-refractivity contribution in [2.45, 2.75) is 18.3 Å². The van der Waals surface area contributed by atoms with E-state index in [1.165, 1.54) is 5.69 Å². The van der Waals surface area contributed by atoms with Gasteiger partial charge in [0.1, 0.15) is 0 Å². The van der Waals surface area contributed by atoms with Crippen LogP contribution in [-0.4, -0.2) is 19.9 Å². The smallest absolute Gasteiger partial charge is 0.267 e. The Hall–Kier alpha value is -2.63. The van der Waals surface area contributed by atoms with E-state index in [0.29, 0.717) is 23.7 Å². The third-order valence-corrected chi connectivity index (χ3v) is 3.82. The lowest BCUT2D eigenvalue weighted by molar-refractivity contribution is 0.378. The lowest BCUT2D eigenvalue weighted by Gasteiger charge is -1.99. The average molecular weight is 281 g/mol. The Labute approximate surface area is 121 Å². The van der Waals surface area contributed by atoms with E-state index in [1.807, 2.05) is 54.3 Å². The molecule has 1 N–H and O–H groups in total. The minimum atomic E-state index is 0.305. The van der Waals surface area contributed by atoms with E-state index < -0.39 is 0 Å². The average Bonchev–Trinajstić information content (AvgIpc) is 2.94. The first-order valence-corrected chi connectivity index (χ1v) is 6.95. The highest BCUT2D eigenvalue weighted by Crippen LogP contribution is 2.53. The van der Waals surface area contributed by atoms with E-state index >= 15 is 0 Å². The van der Waals surface area contributed by atoms with E-state index in [9.17, 15) is 0 Å². The van der Waals surface area contributed by atoms with E-state index in [1.54, 1.807) is 0 Å². The van der Waals surface area contributed by atoms with Crippen molar-refractivity contribution in [2.24, 2.45) is 7.05 Å². The lowest BCUT2D eigenvalue weighted by Crippen LogP contribution is -1.97. The fourth-order valence-electron chi connectivity index (χ4n) is 2.63. The van der Waals surface area contributed by atoms with Gasteiger partial charge in [-0.1, -0.05) is 18.2 Å². The van der Waals surface area contributed by atoms with E-state index in [2.05, 4.69) is 20.6 Å². The Morgan fingerprint density at radius 1 is 1.19 bits per heavy atom. The number of aryl methyl sites for hydroxylation is 1. The lowest BCUT2D eigenvalue weighted by atomic mass is 10.2. The summed E-state index contributed by atoms with van der Waals surface area (Å²) in [5, 5.41) is 11.3. The second-order valence-electron chi connectivity index (χ2n) is 5.28. The van der Waals surface area contributed by atoms with Gasteiger partial charge < -0.3 is 9.84 Å². The van der Waals surface area contributed by atoms with Crippen molar-refractivity contribution < 1.29 is 4.52 Å². The van der Waals surface area contributed by atoms with Crippen LogP contribution in [0.1, 0.15) is 29.8 Å². The quantitative estimate of drug-likeness (QED) is 0.796. The molecule has 3 aromatic rings. The molecule has 1 aliphatic rings. The maximum Gasteiger partial charge on any atom is 0.267 e. The summed E-state index contributed by atoms with van der Waals surface area (Å²) in [5.41, 5.74) is 2.17. The molecule has 1 fully saturated rings. The highest BCUT2D eigenvalue weighted by atomic mass is 16.5. The molecular formula is C15H15N5O. The summed E-state index contributed by atoms with van der Waals surface area (Å²) in [6, 6.07) is 11.9. The Morgan fingerprint density at radius 2 is 2.05 bits per heavy atom. The summed E-state index contributed by atoms with van der Waals surface area (Å²) < 4.78 is 7.28. The number of nitrogens with zero attached hydrogens (tertiary/aromatic N) is 4. The van der Waals surface area contributed by atoms with Crippen LogP contribution in [0.25, 0.3) is 0 Å². The van der Waals surface area contributed by atoms with Crippen molar-refractivity contribution in [3.63, 3.8) is 0 Å². The minimum absolute atomic E-state index is 0.305. The molecule has 0 spiro atoms. The molecule has 0 saturated heterocycles. The zero-order valence-corrected chi connectivity index (χ0v) is 11.6. The molecule has 2 aromatic heterocycles. The van der Waals surface area contributed by atoms with Gasteiger partial charge >= 0.3 is 0 Å². The van der Waals surface area contributed by atoms with Crippen molar-refractivity contribution >= 4 is 11.6 Å². The van der Waals surface area contributed by atoms with E-state index in [0.717, 1.165) is 12.1 Å². The van der Waals surface area contributed by atoms with Crippen molar-refractivity contribution in [3.05, 3.63) is 54.2 Å². The van der Waals surface area contributed by atoms with Gasteiger partial charge in [-0.25, -0.2) is 0 Å². The molecule has 0 radical (unpaired) electrons. The van der Waals surface area contributed by atoms with Crippen LogP contribution < -0.4 is 5.32 Å². The summed E-state index contributed by atoms with van der Waals surface area (Å²) in [5.74, 6) is 1.94. The number of para-hydroxylation sites is 1. The molecule has 2 atom stereocenters. The summed E-state index contributed by atoms with van der Waals surface area (Å²) in [6.45, 7) is 0. The van der Waals surface area contributed by atoms with Crippen molar-refractivity contribution in [1.82, 2.24) is 19.9 Å². The number of rotatable bonds is 4. The molecule has 4 rings (SSSR count). The van der Waals surface area contributed by atoms with Gasteiger partial charge in [0.05, 0.1) is 0 Å². The fourth-order valence-corrected chi connectivity index (χ4v) is 2.63. The van der Waals surface area contributed by atoms with Crippen LogP contribution in [-0.2, 0) is 7.05 Å². The number of aromatic nitrogens is 4. The minimum Gasteiger partial charge on any atom is -0.337 e. The van der Waals surface area contributed by atoms with Gasteiger partial charge in [-0.15, -0.1) is 0 Å². The second kappa shape index (κ2) is 4.73. The van der Waals surface area contributed by atoms with E-state index in [-0.39, 0.29) is 0 Å². The van der Waals surface area contributed by atoms with Gasteiger partial charge in [0.15, 0.2) is 0 Å².